The van der Waals surface area contributed by atoms with Crippen LogP contribution in [0.1, 0.15) is 15.9 Å². The Morgan fingerprint density at radius 2 is 2.00 bits per heavy atom. The maximum Gasteiger partial charge on any atom is 0.270 e. The van der Waals surface area contributed by atoms with Crippen molar-refractivity contribution in [3.63, 3.8) is 0 Å². The van der Waals surface area contributed by atoms with E-state index in [1.807, 2.05) is 0 Å². The number of nitro groups is 1. The molecule has 1 N–H and O–H groups in total. The van der Waals surface area contributed by atoms with Crippen LogP contribution in [0.2, 0.25) is 0 Å². The van der Waals surface area contributed by atoms with Gasteiger partial charge in [-0.1, -0.05) is 0 Å². The largest absolute Gasteiger partial charge is 0.322 e. The molecule has 2 aromatic carbocycles. The summed E-state index contributed by atoms with van der Waals surface area (Å²) in [5.74, 6) is -0.945. The van der Waals surface area contributed by atoms with Gasteiger partial charge in [-0.05, 0) is 52.7 Å². The SMILES string of the molecule is Cc1cc(C(=O)Nc2ccc(F)c(Br)c2)cc([N+](=O)[O-])c1. The van der Waals surface area contributed by atoms with Crippen molar-refractivity contribution in [3.05, 3.63) is 67.9 Å². The third-order valence-electron chi connectivity index (χ3n) is 2.71. The maximum atomic E-state index is 13.1. The third kappa shape index (κ3) is 3.63. The predicted molar refractivity (Wildman–Crippen MR) is 79.9 cm³/mol. The molecule has 0 aromatic heterocycles. The molecular weight excluding hydrogens is 343 g/mol. The molecular formula is C14H10BrFN2O3. The summed E-state index contributed by atoms with van der Waals surface area (Å²) in [7, 11) is 0. The van der Waals surface area contributed by atoms with Crippen molar-refractivity contribution in [2.45, 2.75) is 6.92 Å². The van der Waals surface area contributed by atoms with Crippen molar-refractivity contribution in [2.75, 3.05) is 5.32 Å². The first-order valence-corrected chi connectivity index (χ1v) is 6.68. The van der Waals surface area contributed by atoms with Gasteiger partial charge in [0, 0.05) is 23.4 Å². The van der Waals surface area contributed by atoms with E-state index < -0.39 is 16.6 Å². The van der Waals surface area contributed by atoms with Crippen LogP contribution in [0.4, 0.5) is 15.8 Å². The fourth-order valence-corrected chi connectivity index (χ4v) is 2.16. The van der Waals surface area contributed by atoms with Crippen LogP contribution in [0, 0.1) is 22.9 Å². The Bertz CT molecular complexity index is 734. The molecule has 0 saturated carbocycles. The van der Waals surface area contributed by atoms with E-state index in [1.54, 1.807) is 13.0 Å². The molecule has 0 unspecified atom stereocenters. The number of non-ortho nitro benzene ring substituents is 1. The number of benzene rings is 2. The van der Waals surface area contributed by atoms with Crippen molar-refractivity contribution in [2.24, 2.45) is 0 Å². The van der Waals surface area contributed by atoms with Crippen molar-refractivity contribution < 1.29 is 14.1 Å². The summed E-state index contributed by atoms with van der Waals surface area (Å²) < 4.78 is 13.3. The Hall–Kier alpha value is -2.28. The van der Waals surface area contributed by atoms with Gasteiger partial charge in [0.1, 0.15) is 5.82 Å². The minimum atomic E-state index is -0.557. The zero-order valence-corrected chi connectivity index (χ0v) is 12.5. The predicted octanol–water partition coefficient (Wildman–Crippen LogP) is 4.06. The van der Waals surface area contributed by atoms with Crippen LogP contribution in [-0.2, 0) is 0 Å². The molecule has 1 amide bonds. The van der Waals surface area contributed by atoms with Gasteiger partial charge in [0.2, 0.25) is 0 Å². The number of nitro benzene ring substituents is 1. The summed E-state index contributed by atoms with van der Waals surface area (Å²) >= 11 is 3.02. The molecule has 0 aliphatic rings. The number of nitrogens with one attached hydrogen (secondary N) is 1. The average Bonchev–Trinajstić information content (AvgIpc) is 2.42. The quantitative estimate of drug-likeness (QED) is 0.668. The first-order valence-electron chi connectivity index (χ1n) is 5.89. The van der Waals surface area contributed by atoms with Crippen LogP contribution in [0.5, 0.6) is 0 Å². The first-order chi connectivity index (χ1) is 9.86. The molecule has 0 saturated heterocycles. The number of aryl methyl sites for hydroxylation is 1. The van der Waals surface area contributed by atoms with Gasteiger partial charge in [0.05, 0.1) is 9.40 Å². The molecule has 2 aromatic rings. The molecule has 108 valence electrons. The fraction of sp³-hybridized carbons (Fsp3) is 0.0714. The molecule has 5 nitrogen and oxygen atoms in total. The van der Waals surface area contributed by atoms with E-state index in [-0.39, 0.29) is 15.7 Å². The lowest BCUT2D eigenvalue weighted by atomic mass is 10.1. The van der Waals surface area contributed by atoms with Gasteiger partial charge in [-0.25, -0.2) is 4.39 Å². The second-order valence-corrected chi connectivity index (χ2v) is 5.25. The van der Waals surface area contributed by atoms with E-state index in [0.29, 0.717) is 11.3 Å². The van der Waals surface area contributed by atoms with E-state index >= 15 is 0 Å². The summed E-state index contributed by atoms with van der Waals surface area (Å²) in [4.78, 5) is 22.3. The van der Waals surface area contributed by atoms with Crippen LogP contribution < -0.4 is 5.32 Å². The van der Waals surface area contributed by atoms with Crippen molar-refractivity contribution >= 4 is 33.2 Å². The summed E-state index contributed by atoms with van der Waals surface area (Å²) in [6.07, 6.45) is 0. The van der Waals surface area contributed by atoms with Crippen LogP contribution in [0.25, 0.3) is 0 Å². The molecule has 0 aliphatic carbocycles. The molecule has 0 bridgehead atoms. The van der Waals surface area contributed by atoms with Gasteiger partial charge in [0.25, 0.3) is 11.6 Å². The highest BCUT2D eigenvalue weighted by molar-refractivity contribution is 9.10. The Morgan fingerprint density at radius 3 is 2.62 bits per heavy atom. The molecule has 2 rings (SSSR count). The van der Waals surface area contributed by atoms with Gasteiger partial charge < -0.3 is 5.32 Å². The maximum absolute atomic E-state index is 13.1. The van der Waals surface area contributed by atoms with Gasteiger partial charge in [-0.2, -0.15) is 0 Å². The Morgan fingerprint density at radius 1 is 1.29 bits per heavy atom. The number of carbonyl (C=O) groups is 1. The smallest absolute Gasteiger partial charge is 0.270 e. The third-order valence-corrected chi connectivity index (χ3v) is 3.32. The Balaban J connectivity index is 2.27. The Kier molecular flexibility index (Phi) is 4.32. The van der Waals surface area contributed by atoms with Crippen molar-refractivity contribution in [1.82, 2.24) is 0 Å². The van der Waals surface area contributed by atoms with E-state index in [9.17, 15) is 19.3 Å². The molecule has 0 spiro atoms. The molecule has 0 fully saturated rings. The fourth-order valence-electron chi connectivity index (χ4n) is 1.78. The van der Waals surface area contributed by atoms with E-state index in [4.69, 9.17) is 0 Å². The summed E-state index contributed by atoms with van der Waals surface area (Å²) in [6, 6.07) is 8.14. The van der Waals surface area contributed by atoms with Crippen LogP contribution in [0.15, 0.2) is 40.9 Å². The van der Waals surface area contributed by atoms with Gasteiger partial charge in [0.15, 0.2) is 0 Å². The minimum Gasteiger partial charge on any atom is -0.322 e. The number of halogens is 2. The van der Waals surface area contributed by atoms with E-state index in [2.05, 4.69) is 21.2 Å². The average molecular weight is 353 g/mol. The highest BCUT2D eigenvalue weighted by atomic mass is 79.9. The second kappa shape index (κ2) is 6.01. The Labute approximate surface area is 128 Å². The topological polar surface area (TPSA) is 72.2 Å². The zero-order valence-electron chi connectivity index (χ0n) is 10.9. The number of hydrogen-bond donors (Lipinski definition) is 1. The standard InChI is InChI=1S/C14H10BrFN2O3/c1-8-4-9(6-11(5-8)18(20)21)14(19)17-10-2-3-13(16)12(15)7-10/h2-7H,1H3,(H,17,19). The van der Waals surface area contributed by atoms with Crippen LogP contribution in [0.3, 0.4) is 0 Å². The number of nitrogens with zero attached hydrogens (tertiary/aromatic N) is 1. The first kappa shape index (κ1) is 15.1. The van der Waals surface area contributed by atoms with Crippen LogP contribution in [-0.4, -0.2) is 10.8 Å². The molecule has 7 heteroatoms. The molecule has 21 heavy (non-hydrogen) atoms. The number of carbonyl (C=O) groups excluding carboxylic acids is 1. The number of rotatable bonds is 3. The van der Waals surface area contributed by atoms with Gasteiger partial charge in [-0.3, -0.25) is 14.9 Å². The monoisotopic (exact) mass is 352 g/mol. The number of hydrogen-bond acceptors (Lipinski definition) is 3. The lowest BCUT2D eigenvalue weighted by molar-refractivity contribution is -0.384. The number of amides is 1. The normalized spacial score (nSPS) is 10.2. The van der Waals surface area contributed by atoms with Gasteiger partial charge >= 0.3 is 0 Å². The molecule has 0 heterocycles. The highest BCUT2D eigenvalue weighted by Crippen LogP contribution is 2.22. The summed E-state index contributed by atoms with van der Waals surface area (Å²) in [6.45, 7) is 1.66. The minimum absolute atomic E-state index is 0.152. The second-order valence-electron chi connectivity index (χ2n) is 4.40. The number of anilines is 1. The van der Waals surface area contributed by atoms with Crippen LogP contribution >= 0.6 is 15.9 Å². The summed E-state index contributed by atoms with van der Waals surface area (Å²) in [5, 5.41) is 13.4. The summed E-state index contributed by atoms with van der Waals surface area (Å²) in [5.41, 5.74) is 1.01. The lowest BCUT2D eigenvalue weighted by Gasteiger charge is -2.07. The molecule has 0 aliphatic heterocycles. The van der Waals surface area contributed by atoms with E-state index in [0.717, 1.165) is 0 Å². The van der Waals surface area contributed by atoms with Crippen molar-refractivity contribution in [1.29, 1.82) is 0 Å². The lowest BCUT2D eigenvalue weighted by Crippen LogP contribution is -2.12. The highest BCUT2D eigenvalue weighted by Gasteiger charge is 2.14. The zero-order chi connectivity index (χ0) is 15.6. The molecule has 0 atom stereocenters. The van der Waals surface area contributed by atoms with Crippen molar-refractivity contribution in [3.8, 4) is 0 Å². The molecule has 0 radical (unpaired) electrons. The van der Waals surface area contributed by atoms with E-state index in [1.165, 1.54) is 30.3 Å². The van der Waals surface area contributed by atoms with Gasteiger partial charge in [-0.15, -0.1) is 0 Å².